The van der Waals surface area contributed by atoms with Crippen LogP contribution < -0.4 is 11.1 Å². The van der Waals surface area contributed by atoms with Gasteiger partial charge in [-0.3, -0.25) is 4.79 Å². The number of urea groups is 1. The molecule has 0 bridgehead atoms. The van der Waals surface area contributed by atoms with Crippen molar-refractivity contribution in [1.29, 1.82) is 0 Å². The lowest BCUT2D eigenvalue weighted by atomic mass is 9.95. The molecule has 118 valence electrons. The lowest BCUT2D eigenvalue weighted by molar-refractivity contribution is 0.0689. The Bertz CT molecular complexity index is 567. The maximum atomic E-state index is 12.8. The smallest absolute Gasteiger partial charge is 0.316 e. The molecule has 5 nitrogen and oxygen atoms in total. The molecule has 1 unspecified atom stereocenters. The van der Waals surface area contributed by atoms with Crippen molar-refractivity contribution >= 4 is 17.6 Å². The first-order chi connectivity index (χ1) is 10.6. The number of rotatable bonds is 3. The van der Waals surface area contributed by atoms with Crippen LogP contribution in [0.1, 0.15) is 48.9 Å². The largest absolute Gasteiger partial charge is 0.351 e. The molecule has 3 amide bonds. The van der Waals surface area contributed by atoms with Crippen LogP contribution in [0.25, 0.3) is 0 Å². The number of primary amides is 1. The van der Waals surface area contributed by atoms with Gasteiger partial charge in [-0.2, -0.15) is 0 Å². The van der Waals surface area contributed by atoms with Crippen molar-refractivity contribution in [2.75, 3.05) is 11.9 Å². The first kappa shape index (κ1) is 14.9. The minimum atomic E-state index is -0.616. The number of hydrogen-bond donors (Lipinski definition) is 2. The van der Waals surface area contributed by atoms with Crippen LogP contribution >= 0.6 is 0 Å². The second-order valence-electron chi connectivity index (χ2n) is 6.32. The van der Waals surface area contributed by atoms with E-state index in [1.54, 1.807) is 24.3 Å². The number of nitrogens with two attached hydrogens (primary N) is 1. The van der Waals surface area contributed by atoms with E-state index in [9.17, 15) is 9.59 Å². The summed E-state index contributed by atoms with van der Waals surface area (Å²) in [4.78, 5) is 25.8. The van der Waals surface area contributed by atoms with Crippen molar-refractivity contribution < 1.29 is 9.59 Å². The molecule has 1 aliphatic heterocycles. The van der Waals surface area contributed by atoms with Gasteiger partial charge in [0.1, 0.15) is 0 Å². The predicted molar refractivity (Wildman–Crippen MR) is 85.7 cm³/mol. The second kappa shape index (κ2) is 6.38. The number of hydrogen-bond acceptors (Lipinski definition) is 2. The van der Waals surface area contributed by atoms with Crippen molar-refractivity contribution in [2.24, 2.45) is 11.7 Å². The summed E-state index contributed by atoms with van der Waals surface area (Å²) in [7, 11) is 0. The molecule has 0 aromatic heterocycles. The predicted octanol–water partition coefficient (Wildman–Crippen LogP) is 2.97. The zero-order valence-corrected chi connectivity index (χ0v) is 12.8. The zero-order chi connectivity index (χ0) is 15.5. The Balaban J connectivity index is 1.76. The van der Waals surface area contributed by atoms with E-state index in [-0.39, 0.29) is 5.91 Å². The Labute approximate surface area is 130 Å². The van der Waals surface area contributed by atoms with Gasteiger partial charge in [0.25, 0.3) is 5.91 Å². The van der Waals surface area contributed by atoms with Gasteiger partial charge in [0.2, 0.25) is 0 Å². The van der Waals surface area contributed by atoms with Crippen LogP contribution in [0.2, 0.25) is 0 Å². The summed E-state index contributed by atoms with van der Waals surface area (Å²) < 4.78 is 0. The molecule has 0 radical (unpaired) electrons. The van der Waals surface area contributed by atoms with Crippen LogP contribution in [-0.4, -0.2) is 29.4 Å². The van der Waals surface area contributed by atoms with Gasteiger partial charge in [-0.05, 0) is 49.8 Å². The Kier molecular flexibility index (Phi) is 4.32. The molecular formula is C17H23N3O2. The second-order valence-corrected chi connectivity index (χ2v) is 6.32. The highest BCUT2D eigenvalue weighted by Crippen LogP contribution is 2.36. The van der Waals surface area contributed by atoms with E-state index in [0.717, 1.165) is 19.4 Å². The minimum Gasteiger partial charge on any atom is -0.351 e. The zero-order valence-electron chi connectivity index (χ0n) is 12.8. The minimum absolute atomic E-state index is 0.0718. The summed E-state index contributed by atoms with van der Waals surface area (Å²) in [5.41, 5.74) is 6.32. The molecule has 1 atom stereocenters. The molecule has 1 heterocycles. The van der Waals surface area contributed by atoms with Gasteiger partial charge in [-0.1, -0.05) is 18.9 Å². The number of anilines is 1. The average molecular weight is 301 g/mol. The third kappa shape index (κ3) is 3.08. The molecule has 2 aliphatic rings. The summed E-state index contributed by atoms with van der Waals surface area (Å²) in [6.45, 7) is 0.841. The lowest BCUT2D eigenvalue weighted by Gasteiger charge is -2.29. The highest BCUT2D eigenvalue weighted by molar-refractivity contribution is 5.97. The van der Waals surface area contributed by atoms with Crippen LogP contribution in [0.4, 0.5) is 10.5 Å². The first-order valence-corrected chi connectivity index (χ1v) is 8.12. The molecule has 3 rings (SSSR count). The highest BCUT2D eigenvalue weighted by atomic mass is 16.2. The van der Waals surface area contributed by atoms with Crippen LogP contribution in [-0.2, 0) is 0 Å². The van der Waals surface area contributed by atoms with E-state index >= 15 is 0 Å². The van der Waals surface area contributed by atoms with Gasteiger partial charge in [0.05, 0.1) is 0 Å². The fraction of sp³-hybridized carbons (Fsp3) is 0.529. The Morgan fingerprint density at radius 3 is 2.64 bits per heavy atom. The summed E-state index contributed by atoms with van der Waals surface area (Å²) >= 11 is 0. The SMILES string of the molecule is NC(=O)Nc1cccc(C(=O)N2CCCC2C2CCCC2)c1. The quantitative estimate of drug-likeness (QED) is 0.900. The number of likely N-dealkylation sites (tertiary alicyclic amines) is 1. The van der Waals surface area contributed by atoms with Gasteiger partial charge in [0, 0.05) is 23.8 Å². The van der Waals surface area contributed by atoms with E-state index < -0.39 is 6.03 Å². The Morgan fingerprint density at radius 2 is 1.91 bits per heavy atom. The van der Waals surface area contributed by atoms with Crippen molar-refractivity contribution in [2.45, 2.75) is 44.6 Å². The molecule has 1 aromatic rings. The van der Waals surface area contributed by atoms with Crippen LogP contribution in [0.5, 0.6) is 0 Å². The Hall–Kier alpha value is -2.04. The van der Waals surface area contributed by atoms with E-state index in [1.165, 1.54) is 25.7 Å². The van der Waals surface area contributed by atoms with E-state index in [4.69, 9.17) is 5.73 Å². The molecule has 22 heavy (non-hydrogen) atoms. The number of nitrogens with zero attached hydrogens (tertiary/aromatic N) is 1. The average Bonchev–Trinajstić information content (AvgIpc) is 3.16. The van der Waals surface area contributed by atoms with Crippen LogP contribution in [0.15, 0.2) is 24.3 Å². The van der Waals surface area contributed by atoms with Gasteiger partial charge in [-0.15, -0.1) is 0 Å². The van der Waals surface area contributed by atoms with Crippen molar-refractivity contribution in [3.8, 4) is 0 Å². The third-order valence-corrected chi connectivity index (χ3v) is 4.88. The first-order valence-electron chi connectivity index (χ1n) is 8.12. The standard InChI is InChI=1S/C17H23N3O2/c18-17(22)19-14-8-3-7-13(11-14)16(21)20-10-4-9-15(20)12-5-1-2-6-12/h3,7-8,11-12,15H,1-2,4-6,9-10H2,(H3,18,19,22). The molecular weight excluding hydrogens is 278 g/mol. The monoisotopic (exact) mass is 301 g/mol. The number of nitrogens with one attached hydrogen (secondary N) is 1. The van der Waals surface area contributed by atoms with Crippen molar-refractivity contribution in [3.05, 3.63) is 29.8 Å². The summed E-state index contributed by atoms with van der Waals surface area (Å²) in [5, 5.41) is 2.53. The number of carbonyl (C=O) groups excluding carboxylic acids is 2. The third-order valence-electron chi connectivity index (χ3n) is 4.88. The van der Waals surface area contributed by atoms with Crippen LogP contribution in [0.3, 0.4) is 0 Å². The topological polar surface area (TPSA) is 75.4 Å². The fourth-order valence-electron chi connectivity index (χ4n) is 3.91. The molecule has 1 saturated heterocycles. The van der Waals surface area contributed by atoms with E-state index in [2.05, 4.69) is 5.32 Å². The van der Waals surface area contributed by atoms with Crippen molar-refractivity contribution in [3.63, 3.8) is 0 Å². The molecule has 1 saturated carbocycles. The van der Waals surface area contributed by atoms with E-state index in [1.807, 2.05) is 4.90 Å². The highest BCUT2D eigenvalue weighted by Gasteiger charge is 2.36. The number of amides is 3. The lowest BCUT2D eigenvalue weighted by Crippen LogP contribution is -2.39. The van der Waals surface area contributed by atoms with Gasteiger partial charge < -0.3 is 16.0 Å². The molecule has 5 heteroatoms. The maximum Gasteiger partial charge on any atom is 0.316 e. The molecule has 0 spiro atoms. The molecule has 1 aromatic carbocycles. The molecule has 2 fully saturated rings. The van der Waals surface area contributed by atoms with Gasteiger partial charge in [-0.25, -0.2) is 4.79 Å². The van der Waals surface area contributed by atoms with Gasteiger partial charge in [0.15, 0.2) is 0 Å². The Morgan fingerprint density at radius 1 is 1.14 bits per heavy atom. The summed E-state index contributed by atoms with van der Waals surface area (Å²) in [5.74, 6) is 0.737. The summed E-state index contributed by atoms with van der Waals surface area (Å²) in [6.07, 6.45) is 7.29. The molecule has 1 aliphatic carbocycles. The fourth-order valence-corrected chi connectivity index (χ4v) is 3.91. The number of benzene rings is 1. The number of carbonyl (C=O) groups is 2. The molecule has 3 N–H and O–H groups in total. The normalized spacial score (nSPS) is 22.0. The van der Waals surface area contributed by atoms with E-state index in [0.29, 0.717) is 23.2 Å². The maximum absolute atomic E-state index is 12.8. The summed E-state index contributed by atoms with van der Waals surface area (Å²) in [6, 6.07) is 6.80. The van der Waals surface area contributed by atoms with Crippen molar-refractivity contribution in [1.82, 2.24) is 4.90 Å². The van der Waals surface area contributed by atoms with Gasteiger partial charge >= 0.3 is 6.03 Å². The van der Waals surface area contributed by atoms with Crippen LogP contribution in [0, 0.1) is 5.92 Å².